The molecule has 102 valence electrons. The highest BCUT2D eigenvalue weighted by Gasteiger charge is 2.27. The van der Waals surface area contributed by atoms with Crippen LogP contribution in [-0.2, 0) is 10.0 Å². The van der Waals surface area contributed by atoms with Gasteiger partial charge < -0.3 is 0 Å². The van der Waals surface area contributed by atoms with E-state index < -0.39 is 15.8 Å². The zero-order valence-electron chi connectivity index (χ0n) is 10.3. The number of hydrogen-bond donors (Lipinski definition) is 0. The number of nitrogens with zero attached hydrogens (tertiary/aromatic N) is 2. The van der Waals surface area contributed by atoms with E-state index in [9.17, 15) is 12.8 Å². The van der Waals surface area contributed by atoms with Gasteiger partial charge in [0, 0.05) is 24.1 Å². The van der Waals surface area contributed by atoms with E-state index in [2.05, 4.69) is 20.9 Å². The van der Waals surface area contributed by atoms with E-state index in [0.29, 0.717) is 18.3 Å². The van der Waals surface area contributed by atoms with E-state index in [1.807, 2.05) is 0 Å². The van der Waals surface area contributed by atoms with Gasteiger partial charge >= 0.3 is 0 Å². The average molecular weight is 339 g/mol. The number of alkyl halides is 1. The molecule has 0 bridgehead atoms. The lowest BCUT2D eigenvalue weighted by Crippen LogP contribution is -2.37. The second-order valence-corrected chi connectivity index (χ2v) is 6.77. The van der Waals surface area contributed by atoms with Crippen LogP contribution in [0, 0.1) is 5.82 Å². The van der Waals surface area contributed by atoms with Crippen molar-refractivity contribution in [2.75, 3.05) is 11.9 Å². The van der Waals surface area contributed by atoms with Gasteiger partial charge in [-0.3, -0.25) is 4.98 Å². The molecule has 1 heterocycles. The van der Waals surface area contributed by atoms with Gasteiger partial charge in [0.05, 0.1) is 6.20 Å². The zero-order valence-corrected chi connectivity index (χ0v) is 12.7. The van der Waals surface area contributed by atoms with Crippen LogP contribution in [0.25, 0.3) is 0 Å². The molecule has 0 fully saturated rings. The number of hydrogen-bond acceptors (Lipinski definition) is 3. The van der Waals surface area contributed by atoms with Gasteiger partial charge in [0.15, 0.2) is 0 Å². The highest BCUT2D eigenvalue weighted by atomic mass is 79.9. The smallest absolute Gasteiger partial charge is 0.244 e. The summed E-state index contributed by atoms with van der Waals surface area (Å²) in [5, 5.41) is 0.715. The van der Waals surface area contributed by atoms with Crippen molar-refractivity contribution in [1.29, 1.82) is 0 Å². The molecule has 0 aliphatic carbocycles. The van der Waals surface area contributed by atoms with E-state index in [1.165, 1.54) is 10.5 Å². The summed E-state index contributed by atoms with van der Waals surface area (Å²) in [6.45, 7) is 3.97. The van der Waals surface area contributed by atoms with Crippen molar-refractivity contribution < 1.29 is 12.8 Å². The third-order valence-electron chi connectivity index (χ3n) is 2.37. The molecule has 0 unspecified atom stereocenters. The Bertz CT molecular complexity index is 494. The van der Waals surface area contributed by atoms with Crippen LogP contribution in [0.15, 0.2) is 23.4 Å². The molecule has 0 spiro atoms. The minimum absolute atomic E-state index is 0.106. The summed E-state index contributed by atoms with van der Waals surface area (Å²) in [5.41, 5.74) is 0. The van der Waals surface area contributed by atoms with E-state index in [-0.39, 0.29) is 10.9 Å². The minimum atomic E-state index is -3.69. The largest absolute Gasteiger partial charge is 0.260 e. The molecule has 0 radical (unpaired) electrons. The second-order valence-electron chi connectivity index (χ2n) is 4.09. The summed E-state index contributed by atoms with van der Waals surface area (Å²) in [7, 11) is -3.69. The fourth-order valence-corrected chi connectivity index (χ4v) is 3.44. The van der Waals surface area contributed by atoms with E-state index >= 15 is 0 Å². The number of halogens is 2. The van der Waals surface area contributed by atoms with Crippen molar-refractivity contribution in [3.05, 3.63) is 24.3 Å². The van der Waals surface area contributed by atoms with Gasteiger partial charge in [-0.25, -0.2) is 12.8 Å². The molecule has 0 aromatic carbocycles. The molecular weight excluding hydrogens is 323 g/mol. The molecule has 0 aliphatic rings. The maximum atomic E-state index is 13.1. The molecule has 0 atom stereocenters. The monoisotopic (exact) mass is 338 g/mol. The Morgan fingerprint density at radius 3 is 2.61 bits per heavy atom. The van der Waals surface area contributed by atoms with Gasteiger partial charge in [-0.1, -0.05) is 15.9 Å². The van der Waals surface area contributed by atoms with Gasteiger partial charge in [-0.2, -0.15) is 4.31 Å². The summed E-state index contributed by atoms with van der Waals surface area (Å²) < 4.78 is 39.1. The minimum Gasteiger partial charge on any atom is -0.260 e. The molecule has 0 saturated heterocycles. The van der Waals surface area contributed by atoms with Crippen molar-refractivity contribution in [2.45, 2.75) is 31.2 Å². The Kier molecular flexibility index (Phi) is 5.68. The van der Waals surface area contributed by atoms with E-state index in [0.717, 1.165) is 12.3 Å². The molecule has 4 nitrogen and oxygen atoms in total. The van der Waals surface area contributed by atoms with Gasteiger partial charge in [0.25, 0.3) is 0 Å². The topological polar surface area (TPSA) is 50.3 Å². The fourth-order valence-electron chi connectivity index (χ4n) is 1.54. The lowest BCUT2D eigenvalue weighted by molar-refractivity contribution is 0.355. The molecule has 0 aliphatic heterocycles. The molecular formula is C11H16BrFN2O2S. The maximum Gasteiger partial charge on any atom is 0.244 e. The van der Waals surface area contributed by atoms with Crippen LogP contribution in [0.5, 0.6) is 0 Å². The second kappa shape index (κ2) is 6.58. The Balaban J connectivity index is 3.09. The first-order chi connectivity index (χ1) is 8.39. The SMILES string of the molecule is CC(C)N(CCCBr)S(=O)(=O)c1cncc(F)c1. The van der Waals surface area contributed by atoms with Crippen LogP contribution < -0.4 is 0 Å². The van der Waals surface area contributed by atoms with Gasteiger partial charge in [0.1, 0.15) is 10.7 Å². The average Bonchev–Trinajstić information content (AvgIpc) is 2.28. The first-order valence-corrected chi connectivity index (χ1v) is 8.14. The zero-order chi connectivity index (χ0) is 13.8. The summed E-state index contributed by atoms with van der Waals surface area (Å²) in [6.07, 6.45) is 2.85. The van der Waals surface area contributed by atoms with Crippen LogP contribution >= 0.6 is 15.9 Å². The van der Waals surface area contributed by atoms with Crippen LogP contribution in [-0.4, -0.2) is 35.6 Å². The Morgan fingerprint density at radius 1 is 1.44 bits per heavy atom. The quantitative estimate of drug-likeness (QED) is 0.748. The first-order valence-electron chi connectivity index (χ1n) is 5.58. The standard InChI is InChI=1S/C11H16BrFN2O2S/c1-9(2)15(5-3-4-12)18(16,17)11-6-10(13)7-14-8-11/h6-9H,3-5H2,1-2H3. The highest BCUT2D eigenvalue weighted by Crippen LogP contribution is 2.18. The van der Waals surface area contributed by atoms with Crippen molar-refractivity contribution in [3.8, 4) is 0 Å². The molecule has 0 N–H and O–H groups in total. The Morgan fingerprint density at radius 2 is 2.11 bits per heavy atom. The maximum absolute atomic E-state index is 13.1. The lowest BCUT2D eigenvalue weighted by Gasteiger charge is -2.25. The van der Waals surface area contributed by atoms with Crippen molar-refractivity contribution in [1.82, 2.24) is 9.29 Å². The van der Waals surface area contributed by atoms with Crippen LogP contribution in [0.4, 0.5) is 4.39 Å². The van der Waals surface area contributed by atoms with Crippen molar-refractivity contribution >= 4 is 26.0 Å². The van der Waals surface area contributed by atoms with Crippen LogP contribution in [0.2, 0.25) is 0 Å². The fraction of sp³-hybridized carbons (Fsp3) is 0.545. The van der Waals surface area contributed by atoms with Crippen LogP contribution in [0.3, 0.4) is 0 Å². The molecule has 1 aromatic heterocycles. The summed E-state index contributed by atoms with van der Waals surface area (Å²) in [4.78, 5) is 3.48. The first kappa shape index (κ1) is 15.5. The normalized spacial score (nSPS) is 12.3. The van der Waals surface area contributed by atoms with Gasteiger partial charge in [0.2, 0.25) is 10.0 Å². The molecule has 0 amide bonds. The predicted octanol–water partition coefficient (Wildman–Crippen LogP) is 2.40. The van der Waals surface area contributed by atoms with Crippen molar-refractivity contribution in [2.24, 2.45) is 0 Å². The molecule has 18 heavy (non-hydrogen) atoms. The number of rotatable bonds is 6. The summed E-state index contributed by atoms with van der Waals surface area (Å²) >= 11 is 3.27. The van der Waals surface area contributed by atoms with E-state index in [1.54, 1.807) is 13.8 Å². The van der Waals surface area contributed by atoms with Crippen LogP contribution in [0.1, 0.15) is 20.3 Å². The molecule has 7 heteroatoms. The van der Waals surface area contributed by atoms with Gasteiger partial charge in [-0.05, 0) is 26.3 Å². The molecule has 1 rings (SSSR count). The third kappa shape index (κ3) is 3.73. The van der Waals surface area contributed by atoms with Gasteiger partial charge in [-0.15, -0.1) is 0 Å². The number of sulfonamides is 1. The lowest BCUT2D eigenvalue weighted by atomic mass is 10.4. The Labute approximate surface area is 115 Å². The number of aromatic nitrogens is 1. The summed E-state index contributed by atoms with van der Waals surface area (Å²) in [5.74, 6) is -0.653. The molecule has 1 aromatic rings. The Hall–Kier alpha value is -0.530. The summed E-state index contributed by atoms with van der Waals surface area (Å²) in [6, 6.07) is 0.809. The van der Waals surface area contributed by atoms with E-state index in [4.69, 9.17) is 0 Å². The predicted molar refractivity (Wildman–Crippen MR) is 71.6 cm³/mol. The number of pyridine rings is 1. The molecule has 0 saturated carbocycles. The highest BCUT2D eigenvalue weighted by molar-refractivity contribution is 9.09. The van der Waals surface area contributed by atoms with Crippen molar-refractivity contribution in [3.63, 3.8) is 0 Å². The third-order valence-corrected chi connectivity index (χ3v) is 4.98.